The normalized spacial score (nSPS) is 23.5. The third-order valence-electron chi connectivity index (χ3n) is 6.40. The van der Waals surface area contributed by atoms with Gasteiger partial charge in [-0.25, -0.2) is 4.98 Å². The molecule has 0 spiro atoms. The highest BCUT2D eigenvalue weighted by molar-refractivity contribution is 7.79. The Morgan fingerprint density at radius 1 is 1.28 bits per heavy atom. The zero-order chi connectivity index (χ0) is 22.1. The van der Waals surface area contributed by atoms with Crippen LogP contribution < -0.4 is 10.2 Å². The Morgan fingerprint density at radius 2 is 2.12 bits per heavy atom. The zero-order valence-electron chi connectivity index (χ0n) is 18.1. The first-order valence-corrected chi connectivity index (χ1v) is 12.4. The Hall–Kier alpha value is -2.57. The van der Waals surface area contributed by atoms with E-state index in [-0.39, 0.29) is 17.8 Å². The molecule has 2 aliphatic heterocycles. The average molecular weight is 459 g/mol. The van der Waals surface area contributed by atoms with Crippen LogP contribution in [0.1, 0.15) is 32.6 Å². The van der Waals surface area contributed by atoms with Gasteiger partial charge >= 0.3 is 0 Å². The first kappa shape index (κ1) is 21.3. The molecule has 5 rings (SSSR count). The quantitative estimate of drug-likeness (QED) is 0.527. The van der Waals surface area contributed by atoms with E-state index in [9.17, 15) is 8.76 Å². The van der Waals surface area contributed by atoms with Crippen molar-refractivity contribution in [2.45, 2.75) is 38.6 Å². The second-order valence-corrected chi connectivity index (χ2v) is 9.57. The summed E-state index contributed by atoms with van der Waals surface area (Å²) in [6.07, 6.45) is 9.72. The number of fused-ring (bicyclic) bond motifs is 1. The number of H-pyrrole nitrogens is 1. The fourth-order valence-corrected chi connectivity index (χ4v) is 5.32. The number of aromatic amines is 1. The Labute approximate surface area is 188 Å². The maximum absolute atomic E-state index is 11.0. The van der Waals surface area contributed by atoms with Gasteiger partial charge in [0.15, 0.2) is 5.65 Å². The third-order valence-corrected chi connectivity index (χ3v) is 6.98. The number of piperidine rings is 2. The lowest BCUT2D eigenvalue weighted by atomic mass is 9.94. The monoisotopic (exact) mass is 458 g/mol. The molecular formula is C20H28N9O2S-. The fourth-order valence-electron chi connectivity index (χ4n) is 4.78. The van der Waals surface area contributed by atoms with Crippen LogP contribution in [0.3, 0.4) is 0 Å². The molecule has 2 aliphatic rings. The molecule has 3 aromatic rings. The number of hydrogen-bond acceptors (Lipinski definition) is 9. The highest BCUT2D eigenvalue weighted by atomic mass is 32.2. The minimum Gasteiger partial charge on any atom is -0.771 e. The SMILES string of the molecule is CC1CN(CS(=O)[O-])CCC1Nc1nc2c(N3CCCCC3)c(-c3cn[nH]c3)ncn2n1. The smallest absolute Gasteiger partial charge is 0.243 e. The first-order valence-electron chi connectivity index (χ1n) is 11.1. The molecule has 0 radical (unpaired) electrons. The van der Waals surface area contributed by atoms with Crippen LogP contribution in [0, 0.1) is 5.92 Å². The topological polar surface area (TPSA) is 130 Å². The predicted molar refractivity (Wildman–Crippen MR) is 121 cm³/mol. The number of nitrogens with one attached hydrogen (secondary N) is 2. The molecule has 3 aromatic heterocycles. The van der Waals surface area contributed by atoms with E-state index in [1.165, 1.54) is 6.42 Å². The standard InChI is InChI=1S/C20H29N9O2S/c1-14-11-27(13-32(30)31)8-5-16(14)24-20-25-19-18(28-6-3-2-4-7-28)17(15-9-22-23-10-15)21-12-29(19)26-20/h9-10,12,14,16H,2-8,11,13H2,1H3,(H,22,23)(H,24,26)(H,30,31)/p-1. The van der Waals surface area contributed by atoms with Crippen LogP contribution in [0.25, 0.3) is 16.9 Å². The molecule has 0 aromatic carbocycles. The number of nitrogens with zero attached hydrogens (tertiary/aromatic N) is 7. The van der Waals surface area contributed by atoms with Crippen molar-refractivity contribution < 1.29 is 8.76 Å². The zero-order valence-corrected chi connectivity index (χ0v) is 18.9. The van der Waals surface area contributed by atoms with Crippen molar-refractivity contribution >= 4 is 28.4 Å². The van der Waals surface area contributed by atoms with Gasteiger partial charge in [-0.05, 0) is 42.7 Å². The van der Waals surface area contributed by atoms with Gasteiger partial charge in [0, 0.05) is 44.0 Å². The molecular weight excluding hydrogens is 430 g/mol. The Bertz CT molecular complexity index is 1080. The van der Waals surface area contributed by atoms with E-state index in [0.29, 0.717) is 5.95 Å². The maximum atomic E-state index is 11.0. The van der Waals surface area contributed by atoms with Crippen molar-refractivity contribution in [3.05, 3.63) is 18.7 Å². The summed E-state index contributed by atoms with van der Waals surface area (Å²) in [5.41, 5.74) is 3.57. The minimum atomic E-state index is -2.05. The van der Waals surface area contributed by atoms with Gasteiger partial charge in [-0.15, -0.1) is 5.10 Å². The van der Waals surface area contributed by atoms with Gasteiger partial charge in [0.25, 0.3) is 0 Å². The highest BCUT2D eigenvalue weighted by Crippen LogP contribution is 2.34. The van der Waals surface area contributed by atoms with Gasteiger partial charge in [-0.1, -0.05) is 6.92 Å². The van der Waals surface area contributed by atoms with Gasteiger partial charge < -0.3 is 14.8 Å². The number of anilines is 2. The van der Waals surface area contributed by atoms with Gasteiger partial charge in [-0.3, -0.25) is 14.2 Å². The summed E-state index contributed by atoms with van der Waals surface area (Å²) < 4.78 is 23.8. The summed E-state index contributed by atoms with van der Waals surface area (Å²) in [6, 6.07) is 0.184. The van der Waals surface area contributed by atoms with Crippen molar-refractivity contribution in [2.75, 3.05) is 42.3 Å². The molecule has 172 valence electrons. The molecule has 0 saturated carbocycles. The van der Waals surface area contributed by atoms with Crippen molar-refractivity contribution in [1.29, 1.82) is 0 Å². The van der Waals surface area contributed by atoms with Gasteiger partial charge in [0.05, 0.1) is 12.1 Å². The molecule has 2 N–H and O–H groups in total. The summed E-state index contributed by atoms with van der Waals surface area (Å²) in [5, 5.41) is 15.1. The molecule has 32 heavy (non-hydrogen) atoms. The molecule has 5 heterocycles. The van der Waals surface area contributed by atoms with Crippen molar-refractivity contribution in [3.63, 3.8) is 0 Å². The van der Waals surface area contributed by atoms with E-state index in [0.717, 1.165) is 68.0 Å². The van der Waals surface area contributed by atoms with Crippen molar-refractivity contribution in [3.8, 4) is 11.3 Å². The average Bonchev–Trinajstić information content (AvgIpc) is 3.45. The number of likely N-dealkylation sites (tertiary alicyclic amines) is 1. The summed E-state index contributed by atoms with van der Waals surface area (Å²) in [5.74, 6) is 0.943. The van der Waals surface area contributed by atoms with Crippen LogP contribution in [0.15, 0.2) is 18.7 Å². The lowest BCUT2D eigenvalue weighted by molar-refractivity contribution is 0.194. The summed E-state index contributed by atoms with van der Waals surface area (Å²) in [7, 11) is 0. The molecule has 0 aliphatic carbocycles. The molecule has 0 amide bonds. The first-order chi connectivity index (χ1) is 15.6. The number of hydrogen-bond donors (Lipinski definition) is 2. The minimum absolute atomic E-state index is 0.0886. The second kappa shape index (κ2) is 9.12. The molecule has 0 bridgehead atoms. The van der Waals surface area contributed by atoms with Crippen molar-refractivity contribution in [2.24, 2.45) is 5.92 Å². The molecule has 3 unspecified atom stereocenters. The van der Waals surface area contributed by atoms with E-state index in [2.05, 4.69) is 32.4 Å². The van der Waals surface area contributed by atoms with E-state index in [1.807, 2.05) is 11.1 Å². The third kappa shape index (κ3) is 4.34. The van der Waals surface area contributed by atoms with Crippen LogP contribution in [-0.4, -0.2) is 81.5 Å². The molecule has 11 nitrogen and oxygen atoms in total. The van der Waals surface area contributed by atoms with Crippen LogP contribution in [-0.2, 0) is 11.1 Å². The lowest BCUT2D eigenvalue weighted by Crippen LogP contribution is -2.46. The van der Waals surface area contributed by atoms with Crippen LogP contribution in [0.5, 0.6) is 0 Å². The molecule has 3 atom stereocenters. The molecule has 2 saturated heterocycles. The Balaban J connectivity index is 1.43. The van der Waals surface area contributed by atoms with Crippen LogP contribution in [0.2, 0.25) is 0 Å². The predicted octanol–water partition coefficient (Wildman–Crippen LogP) is 1.46. The van der Waals surface area contributed by atoms with E-state index in [4.69, 9.17) is 9.97 Å². The summed E-state index contributed by atoms with van der Waals surface area (Å²) >= 11 is -2.05. The summed E-state index contributed by atoms with van der Waals surface area (Å²) in [6.45, 7) is 5.53. The Morgan fingerprint density at radius 3 is 2.84 bits per heavy atom. The van der Waals surface area contributed by atoms with Gasteiger partial charge in [0.2, 0.25) is 5.95 Å². The van der Waals surface area contributed by atoms with Gasteiger partial charge in [-0.2, -0.15) is 14.6 Å². The maximum Gasteiger partial charge on any atom is 0.243 e. The second-order valence-electron chi connectivity index (χ2n) is 8.71. The number of rotatable bonds is 6. The van der Waals surface area contributed by atoms with Crippen molar-refractivity contribution in [1.82, 2.24) is 34.7 Å². The van der Waals surface area contributed by atoms with Crippen LogP contribution >= 0.6 is 0 Å². The largest absolute Gasteiger partial charge is 0.771 e. The lowest BCUT2D eigenvalue weighted by Gasteiger charge is -2.37. The van der Waals surface area contributed by atoms with Gasteiger partial charge in [0.1, 0.15) is 17.7 Å². The number of aromatic nitrogens is 6. The summed E-state index contributed by atoms with van der Waals surface area (Å²) in [4.78, 5) is 13.9. The van der Waals surface area contributed by atoms with Crippen LogP contribution in [0.4, 0.5) is 11.6 Å². The highest BCUT2D eigenvalue weighted by Gasteiger charge is 2.28. The molecule has 12 heteroatoms. The van der Waals surface area contributed by atoms with E-state index >= 15 is 0 Å². The van der Waals surface area contributed by atoms with E-state index in [1.54, 1.807) is 17.0 Å². The fraction of sp³-hybridized carbons (Fsp3) is 0.600. The Kier molecular flexibility index (Phi) is 6.07. The molecule has 2 fully saturated rings. The van der Waals surface area contributed by atoms with E-state index < -0.39 is 11.1 Å².